The highest BCUT2D eigenvalue weighted by molar-refractivity contribution is 5.97. The molecule has 150 valence electrons. The Bertz CT molecular complexity index is 702. The largest absolute Gasteiger partial charge is 0.459 e. The summed E-state index contributed by atoms with van der Waals surface area (Å²) in [6.45, 7) is 10.3. The van der Waals surface area contributed by atoms with Gasteiger partial charge in [0.1, 0.15) is 17.7 Å². The van der Waals surface area contributed by atoms with Crippen LogP contribution in [0.2, 0.25) is 0 Å². The summed E-state index contributed by atoms with van der Waals surface area (Å²) in [6, 6.07) is 6.82. The number of rotatable bonds is 5. The smallest absolute Gasteiger partial charge is 0.411 e. The molecule has 27 heavy (non-hydrogen) atoms. The van der Waals surface area contributed by atoms with E-state index in [0.717, 1.165) is 0 Å². The van der Waals surface area contributed by atoms with Gasteiger partial charge in [0.15, 0.2) is 5.84 Å². The molecule has 0 saturated carbocycles. The molecule has 8 heteroatoms. The van der Waals surface area contributed by atoms with Crippen LogP contribution < -0.4 is 5.73 Å². The summed E-state index contributed by atoms with van der Waals surface area (Å²) in [4.78, 5) is 26.0. The van der Waals surface area contributed by atoms with Gasteiger partial charge in [-0.05, 0) is 53.2 Å². The molecule has 0 aliphatic heterocycles. The van der Waals surface area contributed by atoms with Gasteiger partial charge in [0.2, 0.25) is 0 Å². The number of carbonyl (C=O) groups excluding carboxylic acids is 2. The zero-order chi connectivity index (χ0) is 20.8. The van der Waals surface area contributed by atoms with Crippen molar-refractivity contribution < 1.29 is 24.3 Å². The van der Waals surface area contributed by atoms with Gasteiger partial charge in [-0.2, -0.15) is 0 Å². The fraction of sp³-hybridized carbons (Fsp3) is 0.526. The molecular formula is C19H29N3O5. The van der Waals surface area contributed by atoms with E-state index in [4.69, 9.17) is 20.4 Å². The van der Waals surface area contributed by atoms with Crippen LogP contribution in [0.1, 0.15) is 52.7 Å². The fourth-order valence-corrected chi connectivity index (χ4v) is 2.15. The summed E-state index contributed by atoms with van der Waals surface area (Å²) >= 11 is 0. The van der Waals surface area contributed by atoms with Crippen LogP contribution in [0.4, 0.5) is 4.79 Å². The number of benzene rings is 1. The van der Waals surface area contributed by atoms with Crippen molar-refractivity contribution in [2.24, 2.45) is 10.9 Å². The Morgan fingerprint density at radius 1 is 1.11 bits per heavy atom. The zero-order valence-electron chi connectivity index (χ0n) is 16.8. The van der Waals surface area contributed by atoms with Crippen molar-refractivity contribution in [2.75, 3.05) is 6.54 Å². The molecule has 0 bridgehead atoms. The Hall–Kier alpha value is -2.77. The number of carbonyl (C=O) groups is 2. The highest BCUT2D eigenvalue weighted by Gasteiger charge is 2.26. The summed E-state index contributed by atoms with van der Waals surface area (Å²) < 4.78 is 10.7. The van der Waals surface area contributed by atoms with Crippen LogP contribution in [0.5, 0.6) is 0 Å². The summed E-state index contributed by atoms with van der Waals surface area (Å²) in [5.74, 6) is -0.589. The van der Waals surface area contributed by atoms with Gasteiger partial charge in [0, 0.05) is 12.1 Å². The van der Waals surface area contributed by atoms with E-state index in [2.05, 4.69) is 5.16 Å². The molecule has 0 aromatic heterocycles. The van der Waals surface area contributed by atoms with E-state index < -0.39 is 23.3 Å². The number of nitrogens with two attached hydrogens (primary N) is 1. The Morgan fingerprint density at radius 3 is 2.22 bits per heavy atom. The maximum atomic E-state index is 12.5. The quantitative estimate of drug-likeness (QED) is 0.267. The summed E-state index contributed by atoms with van der Waals surface area (Å²) in [7, 11) is 0. The van der Waals surface area contributed by atoms with E-state index in [1.54, 1.807) is 65.8 Å². The molecule has 0 heterocycles. The van der Waals surface area contributed by atoms with E-state index in [0.29, 0.717) is 11.1 Å². The maximum absolute atomic E-state index is 12.5. The molecular weight excluding hydrogens is 350 g/mol. The van der Waals surface area contributed by atoms with E-state index in [-0.39, 0.29) is 18.9 Å². The third kappa shape index (κ3) is 8.44. The van der Waals surface area contributed by atoms with Gasteiger partial charge in [-0.15, -0.1) is 0 Å². The highest BCUT2D eigenvalue weighted by atomic mass is 16.6. The molecule has 0 fully saturated rings. The Balaban J connectivity index is 3.04. The first-order valence-corrected chi connectivity index (χ1v) is 8.57. The normalized spacial score (nSPS) is 12.4. The van der Waals surface area contributed by atoms with E-state index in [1.807, 2.05) is 0 Å². The monoisotopic (exact) mass is 379 g/mol. The molecule has 0 aliphatic carbocycles. The number of oxime groups is 1. The lowest BCUT2D eigenvalue weighted by Gasteiger charge is -2.28. The van der Waals surface area contributed by atoms with Gasteiger partial charge >= 0.3 is 12.1 Å². The molecule has 0 atom stereocenters. The molecule has 1 amide bonds. The second-order valence-corrected chi connectivity index (χ2v) is 8.11. The van der Waals surface area contributed by atoms with Crippen LogP contribution in [0.25, 0.3) is 0 Å². The van der Waals surface area contributed by atoms with Crippen molar-refractivity contribution in [1.29, 1.82) is 0 Å². The van der Waals surface area contributed by atoms with Gasteiger partial charge in [0.25, 0.3) is 0 Å². The Morgan fingerprint density at radius 2 is 1.70 bits per heavy atom. The predicted molar refractivity (Wildman–Crippen MR) is 101 cm³/mol. The fourth-order valence-electron chi connectivity index (χ4n) is 2.15. The van der Waals surface area contributed by atoms with Crippen molar-refractivity contribution in [3.8, 4) is 0 Å². The number of esters is 1. The van der Waals surface area contributed by atoms with Crippen LogP contribution in [0.3, 0.4) is 0 Å². The second kappa shape index (κ2) is 8.75. The van der Waals surface area contributed by atoms with E-state index in [9.17, 15) is 9.59 Å². The number of amidine groups is 1. The minimum atomic E-state index is -0.709. The molecule has 1 aromatic rings. The van der Waals surface area contributed by atoms with Crippen LogP contribution in [-0.2, 0) is 20.8 Å². The van der Waals surface area contributed by atoms with Gasteiger partial charge < -0.3 is 20.4 Å². The van der Waals surface area contributed by atoms with Crippen LogP contribution >= 0.6 is 0 Å². The lowest BCUT2D eigenvalue weighted by Crippen LogP contribution is -2.41. The van der Waals surface area contributed by atoms with Crippen molar-refractivity contribution in [2.45, 2.75) is 59.3 Å². The van der Waals surface area contributed by atoms with Gasteiger partial charge in [-0.25, -0.2) is 4.79 Å². The number of amides is 1. The van der Waals surface area contributed by atoms with Crippen molar-refractivity contribution in [1.82, 2.24) is 4.90 Å². The van der Waals surface area contributed by atoms with Crippen LogP contribution in [-0.4, -0.2) is 45.8 Å². The predicted octanol–water partition coefficient (Wildman–Crippen LogP) is 2.86. The van der Waals surface area contributed by atoms with Crippen LogP contribution in [0.15, 0.2) is 29.4 Å². The average Bonchev–Trinajstić information content (AvgIpc) is 2.50. The molecule has 8 nitrogen and oxygen atoms in total. The first-order chi connectivity index (χ1) is 12.3. The maximum Gasteiger partial charge on any atom is 0.411 e. The SMILES string of the molecule is CC(C)(C)OC(=O)CN(Cc1cccc(/C(N)=N/O)c1)C(=O)OC(C)(C)C. The average molecular weight is 379 g/mol. The van der Waals surface area contributed by atoms with Gasteiger partial charge in [-0.3, -0.25) is 9.69 Å². The molecule has 0 spiro atoms. The Kier molecular flexibility index (Phi) is 7.21. The third-order valence-corrected chi connectivity index (χ3v) is 3.10. The molecule has 1 rings (SSSR count). The lowest BCUT2D eigenvalue weighted by molar-refractivity contribution is -0.156. The third-order valence-electron chi connectivity index (χ3n) is 3.10. The van der Waals surface area contributed by atoms with Gasteiger partial charge in [-0.1, -0.05) is 23.4 Å². The number of ether oxygens (including phenoxy) is 2. The molecule has 0 radical (unpaired) electrons. The molecule has 1 aromatic carbocycles. The zero-order valence-corrected chi connectivity index (χ0v) is 16.8. The number of hydrogen-bond acceptors (Lipinski definition) is 6. The van der Waals surface area contributed by atoms with E-state index >= 15 is 0 Å². The number of hydrogen-bond donors (Lipinski definition) is 2. The van der Waals surface area contributed by atoms with Gasteiger partial charge in [0.05, 0.1) is 0 Å². The summed E-state index contributed by atoms with van der Waals surface area (Å²) in [5, 5.41) is 11.8. The van der Waals surface area contributed by atoms with Crippen molar-refractivity contribution >= 4 is 17.9 Å². The molecule has 0 unspecified atom stereocenters. The Labute approximate surface area is 159 Å². The summed E-state index contributed by atoms with van der Waals surface area (Å²) in [6.07, 6.45) is -0.637. The molecule has 3 N–H and O–H groups in total. The molecule has 0 saturated heterocycles. The number of nitrogens with zero attached hydrogens (tertiary/aromatic N) is 2. The first-order valence-electron chi connectivity index (χ1n) is 8.57. The van der Waals surface area contributed by atoms with Crippen molar-refractivity contribution in [3.05, 3.63) is 35.4 Å². The van der Waals surface area contributed by atoms with E-state index in [1.165, 1.54) is 4.90 Å². The first kappa shape index (κ1) is 22.3. The second-order valence-electron chi connectivity index (χ2n) is 8.11. The minimum Gasteiger partial charge on any atom is -0.459 e. The van der Waals surface area contributed by atoms with Crippen molar-refractivity contribution in [3.63, 3.8) is 0 Å². The lowest BCUT2D eigenvalue weighted by atomic mass is 10.1. The van der Waals surface area contributed by atoms with Crippen LogP contribution in [0, 0.1) is 0 Å². The standard InChI is InChI=1S/C19H29N3O5/c1-18(2,3)26-15(23)12-22(17(24)27-19(4,5)6)11-13-8-7-9-14(10-13)16(20)21-25/h7-10,25H,11-12H2,1-6H3,(H2,20,21). The summed E-state index contributed by atoms with van der Waals surface area (Å²) in [5.41, 5.74) is 5.42. The minimum absolute atomic E-state index is 0.0483. The topological polar surface area (TPSA) is 114 Å². The highest BCUT2D eigenvalue weighted by Crippen LogP contribution is 2.15. The molecule has 0 aliphatic rings.